The molecule has 2 heterocycles. The Bertz CT molecular complexity index is 1360. The van der Waals surface area contributed by atoms with Crippen molar-refractivity contribution in [1.82, 2.24) is 15.1 Å². The van der Waals surface area contributed by atoms with Crippen molar-refractivity contribution in [3.63, 3.8) is 0 Å². The van der Waals surface area contributed by atoms with Gasteiger partial charge in [-0.3, -0.25) is 4.90 Å². The highest BCUT2D eigenvalue weighted by Crippen LogP contribution is 2.30. The number of hydrogen-bond acceptors (Lipinski definition) is 6. The van der Waals surface area contributed by atoms with E-state index in [-0.39, 0.29) is 0 Å². The monoisotopic (exact) mass is 504 g/mol. The van der Waals surface area contributed by atoms with Gasteiger partial charge >= 0.3 is 0 Å². The number of nitriles is 2. The summed E-state index contributed by atoms with van der Waals surface area (Å²) in [5.41, 5.74) is 9.77. The van der Waals surface area contributed by atoms with E-state index in [0.717, 1.165) is 86.9 Å². The number of nitrogens with one attached hydrogen (secondary N) is 1. The van der Waals surface area contributed by atoms with Crippen molar-refractivity contribution in [2.24, 2.45) is 0 Å². The van der Waals surface area contributed by atoms with Crippen LogP contribution in [0.1, 0.15) is 40.7 Å². The number of hydrogen-bond donors (Lipinski definition) is 1. The van der Waals surface area contributed by atoms with Gasteiger partial charge in [0.25, 0.3) is 0 Å². The molecule has 0 aromatic heterocycles. The van der Waals surface area contributed by atoms with Crippen molar-refractivity contribution >= 4 is 11.4 Å². The molecule has 6 nitrogen and oxygen atoms in total. The summed E-state index contributed by atoms with van der Waals surface area (Å²) < 4.78 is 0. The quantitative estimate of drug-likeness (QED) is 0.580. The minimum absolute atomic E-state index is 0.334. The number of allylic oxidation sites excluding steroid dienone is 3. The molecular formula is C32H36N6. The van der Waals surface area contributed by atoms with E-state index in [1.165, 1.54) is 22.3 Å². The molecule has 2 fully saturated rings. The van der Waals surface area contributed by atoms with Gasteiger partial charge in [-0.2, -0.15) is 10.5 Å². The molecule has 1 aliphatic carbocycles. The highest BCUT2D eigenvalue weighted by atomic mass is 15.3. The van der Waals surface area contributed by atoms with Gasteiger partial charge in [0.2, 0.25) is 0 Å². The van der Waals surface area contributed by atoms with E-state index in [1.807, 2.05) is 24.3 Å². The van der Waals surface area contributed by atoms with E-state index in [9.17, 15) is 10.5 Å². The molecule has 0 spiro atoms. The minimum Gasteiger partial charge on any atom is -0.378 e. The van der Waals surface area contributed by atoms with Crippen LogP contribution in [-0.4, -0.2) is 55.1 Å². The van der Waals surface area contributed by atoms with Crippen LogP contribution in [0.4, 0.5) is 5.69 Å². The molecule has 0 radical (unpaired) electrons. The molecule has 2 saturated heterocycles. The zero-order valence-electron chi connectivity index (χ0n) is 22.5. The normalized spacial score (nSPS) is 18.1. The lowest BCUT2D eigenvalue weighted by Gasteiger charge is -2.43. The van der Waals surface area contributed by atoms with Gasteiger partial charge in [0.15, 0.2) is 0 Å². The van der Waals surface area contributed by atoms with Gasteiger partial charge in [-0.1, -0.05) is 36.9 Å². The Morgan fingerprint density at radius 3 is 2.45 bits per heavy atom. The standard InChI is InChI=1S/C32H36N6/c1-23-16-24(2)30(25(3)38-21-29(22-38)35-31-10-6-4-8-26(31)18-33)17-28(23)20-36-12-14-37(15-13-36)32-11-7-5-9-27(32)19-34/h5,7-11,16-17,29,35H,3-4,6,12-15,20-22H2,1-2H3. The zero-order valence-corrected chi connectivity index (χ0v) is 22.5. The first-order valence-electron chi connectivity index (χ1n) is 13.5. The molecule has 2 aliphatic heterocycles. The highest BCUT2D eigenvalue weighted by molar-refractivity contribution is 5.67. The summed E-state index contributed by atoms with van der Waals surface area (Å²) in [6.45, 7) is 15.3. The summed E-state index contributed by atoms with van der Waals surface area (Å²) >= 11 is 0. The first kappa shape index (κ1) is 25.6. The number of nitrogens with zero attached hydrogens (tertiary/aromatic N) is 5. The van der Waals surface area contributed by atoms with Crippen LogP contribution in [-0.2, 0) is 6.54 Å². The van der Waals surface area contributed by atoms with E-state index < -0.39 is 0 Å². The van der Waals surface area contributed by atoms with Crippen LogP contribution >= 0.6 is 0 Å². The van der Waals surface area contributed by atoms with Crippen molar-refractivity contribution in [1.29, 1.82) is 10.5 Å². The van der Waals surface area contributed by atoms with Crippen LogP contribution in [0.3, 0.4) is 0 Å². The van der Waals surface area contributed by atoms with Crippen molar-refractivity contribution in [3.05, 3.63) is 94.2 Å². The van der Waals surface area contributed by atoms with Gasteiger partial charge in [-0.05, 0) is 61.6 Å². The molecule has 194 valence electrons. The summed E-state index contributed by atoms with van der Waals surface area (Å²) in [4.78, 5) is 7.18. The van der Waals surface area contributed by atoms with Crippen molar-refractivity contribution in [2.75, 3.05) is 44.2 Å². The predicted octanol–water partition coefficient (Wildman–Crippen LogP) is 4.87. The number of para-hydroxylation sites is 1. The number of anilines is 1. The Labute approximate surface area is 226 Å². The minimum atomic E-state index is 0.334. The van der Waals surface area contributed by atoms with Crippen molar-refractivity contribution in [3.8, 4) is 12.1 Å². The van der Waals surface area contributed by atoms with E-state index in [2.05, 4.69) is 76.9 Å². The number of piperazine rings is 1. The number of benzene rings is 2. The average molecular weight is 505 g/mol. The van der Waals surface area contributed by atoms with E-state index in [1.54, 1.807) is 0 Å². The van der Waals surface area contributed by atoms with Gasteiger partial charge in [0.05, 0.1) is 22.9 Å². The van der Waals surface area contributed by atoms with Crippen LogP contribution in [0.15, 0.2) is 66.4 Å². The fraction of sp³-hybridized carbons (Fsp3) is 0.375. The Morgan fingerprint density at radius 1 is 0.974 bits per heavy atom. The van der Waals surface area contributed by atoms with E-state index >= 15 is 0 Å². The molecule has 5 rings (SSSR count). The third-order valence-electron chi connectivity index (χ3n) is 8.02. The van der Waals surface area contributed by atoms with Gasteiger partial charge in [-0.15, -0.1) is 0 Å². The lowest BCUT2D eigenvalue weighted by Crippen LogP contribution is -2.56. The number of aryl methyl sites for hydroxylation is 2. The molecular weight excluding hydrogens is 468 g/mol. The maximum Gasteiger partial charge on any atom is 0.101 e. The second kappa shape index (κ2) is 11.2. The van der Waals surface area contributed by atoms with Gasteiger partial charge < -0.3 is 15.1 Å². The van der Waals surface area contributed by atoms with Crippen molar-refractivity contribution in [2.45, 2.75) is 39.3 Å². The first-order chi connectivity index (χ1) is 18.5. The molecule has 1 N–H and O–H groups in total. The molecule has 0 bridgehead atoms. The van der Waals surface area contributed by atoms with Crippen LogP contribution in [0.25, 0.3) is 5.70 Å². The summed E-state index contributed by atoms with van der Waals surface area (Å²) in [6, 6.07) is 17.5. The molecule has 3 aliphatic rings. The fourth-order valence-corrected chi connectivity index (χ4v) is 5.71. The number of rotatable bonds is 7. The second-order valence-electron chi connectivity index (χ2n) is 10.6. The summed E-state index contributed by atoms with van der Waals surface area (Å²) in [5, 5.41) is 22.4. The highest BCUT2D eigenvalue weighted by Gasteiger charge is 2.30. The largest absolute Gasteiger partial charge is 0.378 e. The summed E-state index contributed by atoms with van der Waals surface area (Å²) in [5.74, 6) is 0. The lowest BCUT2D eigenvalue weighted by molar-refractivity contribution is 0.213. The van der Waals surface area contributed by atoms with E-state index in [4.69, 9.17) is 0 Å². The summed E-state index contributed by atoms with van der Waals surface area (Å²) in [7, 11) is 0. The molecule has 6 heteroatoms. The van der Waals surface area contributed by atoms with Crippen molar-refractivity contribution < 1.29 is 0 Å². The van der Waals surface area contributed by atoms with Crippen LogP contribution < -0.4 is 10.2 Å². The van der Waals surface area contributed by atoms with Crippen LogP contribution in [0.2, 0.25) is 0 Å². The molecule has 2 aromatic carbocycles. The Balaban J connectivity index is 1.19. The van der Waals surface area contributed by atoms with E-state index in [0.29, 0.717) is 6.04 Å². The SMILES string of the molecule is C=C(c1cc(CN2CCN(c3ccccc3C#N)CC2)c(C)cc1C)N1CC(NC2=CCCC=C2C#N)C1. The smallest absolute Gasteiger partial charge is 0.101 e. The van der Waals surface area contributed by atoms with Gasteiger partial charge in [0.1, 0.15) is 12.1 Å². The van der Waals surface area contributed by atoms with Gasteiger partial charge in [0, 0.05) is 62.8 Å². The predicted molar refractivity (Wildman–Crippen MR) is 153 cm³/mol. The first-order valence-corrected chi connectivity index (χ1v) is 13.5. The van der Waals surface area contributed by atoms with Crippen LogP contribution in [0, 0.1) is 36.5 Å². The van der Waals surface area contributed by atoms with Gasteiger partial charge in [-0.25, -0.2) is 0 Å². The fourth-order valence-electron chi connectivity index (χ4n) is 5.71. The lowest BCUT2D eigenvalue weighted by atomic mass is 9.95. The summed E-state index contributed by atoms with van der Waals surface area (Å²) in [6.07, 6.45) is 6.11. The maximum atomic E-state index is 9.47. The van der Waals surface area contributed by atoms with Crippen LogP contribution in [0.5, 0.6) is 0 Å². The molecule has 0 amide bonds. The average Bonchev–Trinajstić information content (AvgIpc) is 2.92. The Hall–Kier alpha value is -4.00. The molecule has 2 aromatic rings. The number of likely N-dealkylation sites (tertiary alicyclic amines) is 1. The third kappa shape index (κ3) is 5.32. The molecule has 0 atom stereocenters. The zero-order chi connectivity index (χ0) is 26.6. The Kier molecular flexibility index (Phi) is 7.54. The molecule has 0 saturated carbocycles. The molecule has 38 heavy (non-hydrogen) atoms. The molecule has 0 unspecified atom stereocenters. The maximum absolute atomic E-state index is 9.47. The Morgan fingerprint density at radius 2 is 1.71 bits per heavy atom. The topological polar surface area (TPSA) is 69.3 Å². The second-order valence-corrected chi connectivity index (χ2v) is 10.6. The third-order valence-corrected chi connectivity index (χ3v) is 8.02.